The third kappa shape index (κ3) is 25.8. The molecule has 1 aromatic rings. The normalized spacial score (nSPS) is 29.5. The van der Waals surface area contributed by atoms with Crippen LogP contribution in [-0.2, 0) is 51.1 Å². The number of unbranched alkanes of at least 4 members (excludes halogenated alkanes) is 11. The lowest BCUT2D eigenvalue weighted by Gasteiger charge is -2.38. The number of phosphoric ester groups is 2. The number of aromatic nitrogens is 2. The number of nitrogens with zero attached hydrogens (tertiary/aromatic N) is 2. The Bertz CT molecular complexity index is 2040. The lowest BCUT2D eigenvalue weighted by atomic mass is 9.83. The van der Waals surface area contributed by atoms with Crippen molar-refractivity contribution >= 4 is 39.2 Å². The van der Waals surface area contributed by atoms with Gasteiger partial charge in [0.05, 0.1) is 37.4 Å². The molecule has 0 aliphatic carbocycles. The summed E-state index contributed by atoms with van der Waals surface area (Å²) in [5, 5.41) is 45.6. The molecule has 11 atom stereocenters. The Balaban J connectivity index is 1.80. The van der Waals surface area contributed by atoms with Gasteiger partial charge in [-0.05, 0) is 57.4 Å². The van der Waals surface area contributed by atoms with Gasteiger partial charge in [-0.15, -0.1) is 0 Å². The van der Waals surface area contributed by atoms with Crippen LogP contribution in [0.5, 0.6) is 0 Å². The minimum atomic E-state index is -5.72. The molecular formula is C50H83N3O18P2. The second-order valence-electron chi connectivity index (χ2n) is 18.8. The Morgan fingerprint density at radius 3 is 2.16 bits per heavy atom. The summed E-state index contributed by atoms with van der Waals surface area (Å²) in [4.78, 5) is 78.5. The molecule has 2 aliphatic rings. The maximum absolute atomic E-state index is 14.3. The first-order valence-electron chi connectivity index (χ1n) is 26.1. The Labute approximate surface area is 429 Å². The summed E-state index contributed by atoms with van der Waals surface area (Å²) < 4.78 is 59.0. The standard InChI is InChI=1S/C50H83N3O18P2/c1-3-5-7-8-9-10-11-12-13-14-15-16-17-18-24-28-46(58)69-38-34-66-45(57)27-23-20-19-22-26-40-42(56)33-41(55)39(30-29-37(54)25-21-6-4-2)47(59)48(60)43(36-68-73(64,65)71-72(62,63)67-35-38)70-49(40)53-32-31-44(51)52-50(53)61/h10-13,29-32,37-41,43,47-49,54-55,59-60H,3-9,14-28,33-36H2,1-2H3,(H,62,63)(H,64,65)(H2,51,52,61)/b11-10-,13-12-,30-29+/t37-,38+,39-,40-,41+,43+,47-,48+,49+/m0/s1. The molecule has 73 heavy (non-hydrogen) atoms. The number of nitrogen functional groups attached to an aromatic ring is 1. The van der Waals surface area contributed by atoms with Gasteiger partial charge in [-0.25, -0.2) is 13.9 Å². The number of allylic oxidation sites excluding steroid dienone is 4. The van der Waals surface area contributed by atoms with E-state index in [4.69, 9.17) is 29.0 Å². The second kappa shape index (κ2) is 35.0. The molecule has 0 aromatic carbocycles. The highest BCUT2D eigenvalue weighted by Gasteiger charge is 2.45. The quantitative estimate of drug-likeness (QED) is 0.0196. The Morgan fingerprint density at radius 1 is 0.849 bits per heavy atom. The van der Waals surface area contributed by atoms with Crippen molar-refractivity contribution in [3.05, 3.63) is 59.2 Å². The van der Waals surface area contributed by atoms with Crippen LogP contribution in [0.2, 0.25) is 0 Å². The molecule has 0 radical (unpaired) electrons. The number of cyclic esters (lactones) is 1. The molecule has 3 heterocycles. The molecule has 2 unspecified atom stereocenters. The van der Waals surface area contributed by atoms with E-state index in [1.54, 1.807) is 0 Å². The highest BCUT2D eigenvalue weighted by atomic mass is 31.3. The summed E-state index contributed by atoms with van der Waals surface area (Å²) in [6.45, 7) is 1.44. The van der Waals surface area contributed by atoms with E-state index in [2.05, 4.69) is 40.5 Å². The molecule has 416 valence electrons. The zero-order chi connectivity index (χ0) is 53.7. The van der Waals surface area contributed by atoms with Crippen molar-refractivity contribution in [3.63, 3.8) is 0 Å². The maximum atomic E-state index is 14.3. The van der Waals surface area contributed by atoms with Gasteiger partial charge in [-0.1, -0.05) is 127 Å². The van der Waals surface area contributed by atoms with Crippen LogP contribution in [0.4, 0.5) is 5.82 Å². The number of carbonyl (C=O) groups is 3. The number of hydrogen-bond donors (Lipinski definition) is 7. The average Bonchev–Trinajstić information content (AvgIpc) is 3.33. The first kappa shape index (κ1) is 63.9. The summed E-state index contributed by atoms with van der Waals surface area (Å²) in [6, 6.07) is 1.23. The van der Waals surface area contributed by atoms with E-state index in [0.29, 0.717) is 44.9 Å². The smallest absolute Gasteiger partial charge is 0.462 e. The van der Waals surface area contributed by atoms with Gasteiger partial charge >= 0.3 is 33.3 Å². The third-order valence-electron chi connectivity index (χ3n) is 12.6. The Morgan fingerprint density at radius 2 is 1.48 bits per heavy atom. The fourth-order valence-electron chi connectivity index (χ4n) is 8.43. The lowest BCUT2D eigenvalue weighted by molar-refractivity contribution is -0.184. The molecule has 0 spiro atoms. The molecule has 3 rings (SSSR count). The number of nitrogens with two attached hydrogens (primary N) is 1. The van der Waals surface area contributed by atoms with Crippen molar-refractivity contribution in [2.45, 2.75) is 204 Å². The van der Waals surface area contributed by atoms with Gasteiger partial charge in [0.15, 0.2) is 6.10 Å². The number of esters is 2. The van der Waals surface area contributed by atoms with E-state index in [0.717, 1.165) is 55.9 Å². The molecule has 2 saturated heterocycles. The number of anilines is 1. The number of ether oxygens (including phenoxy) is 3. The van der Waals surface area contributed by atoms with Gasteiger partial charge < -0.3 is 50.2 Å². The minimum absolute atomic E-state index is 0.00491. The molecule has 21 nitrogen and oxygen atoms in total. The van der Waals surface area contributed by atoms with Crippen molar-refractivity contribution in [1.29, 1.82) is 0 Å². The van der Waals surface area contributed by atoms with Gasteiger partial charge in [0.1, 0.15) is 36.6 Å². The van der Waals surface area contributed by atoms with Gasteiger partial charge in [-0.2, -0.15) is 9.29 Å². The number of ketones is 1. The minimum Gasteiger partial charge on any atom is -0.462 e. The number of aliphatic hydroxyl groups excluding tert-OH is 4. The van der Waals surface area contributed by atoms with Gasteiger partial charge in [-0.3, -0.25) is 28.0 Å². The van der Waals surface area contributed by atoms with Crippen molar-refractivity contribution < 1.29 is 81.3 Å². The summed E-state index contributed by atoms with van der Waals surface area (Å²) in [5.74, 6) is -4.97. The molecule has 0 saturated carbocycles. The Kier molecular flexibility index (Phi) is 30.6. The van der Waals surface area contributed by atoms with Crippen molar-refractivity contribution in [2.24, 2.45) is 11.8 Å². The molecule has 2 aliphatic heterocycles. The van der Waals surface area contributed by atoms with Crippen LogP contribution < -0.4 is 11.4 Å². The van der Waals surface area contributed by atoms with E-state index < -0.39 is 120 Å². The Hall–Kier alpha value is -3.43. The number of fused-ring (bicyclic) bond motifs is 3. The molecule has 23 heteroatoms. The first-order chi connectivity index (χ1) is 34.9. The van der Waals surface area contributed by atoms with Crippen LogP contribution >= 0.6 is 15.6 Å². The number of aliphatic hydroxyl groups is 4. The SMILES string of the molecule is CCCCCC/C=C\C=C/CCCCCCCC(=O)O[C@@H]1COC(=O)CCCCCC[C@H]2C(=O)C[C@@H](O)[C@H](/C=C/[C@@H](O)CCCCC)[C@H](O)[C@H](O)[C@@H](COP(=O)(O)OP(=O)(O)OC1)O[C@H]2n1ccc(N)nc1=O. The topological polar surface area (TPSA) is 323 Å². The summed E-state index contributed by atoms with van der Waals surface area (Å²) >= 11 is 0. The zero-order valence-corrected chi connectivity index (χ0v) is 44.4. The van der Waals surface area contributed by atoms with E-state index in [-0.39, 0.29) is 25.1 Å². The van der Waals surface area contributed by atoms with Crippen molar-refractivity contribution in [2.75, 3.05) is 25.6 Å². The first-order valence-corrected chi connectivity index (χ1v) is 29.1. The number of rotatable bonds is 22. The van der Waals surface area contributed by atoms with Crippen LogP contribution in [0.25, 0.3) is 0 Å². The molecule has 2 bridgehead atoms. The van der Waals surface area contributed by atoms with E-state index in [1.807, 2.05) is 6.92 Å². The third-order valence-corrected chi connectivity index (χ3v) is 15.2. The summed E-state index contributed by atoms with van der Waals surface area (Å²) in [5.41, 5.74) is 4.75. The molecule has 8 N–H and O–H groups in total. The van der Waals surface area contributed by atoms with Crippen LogP contribution in [0, 0.1) is 11.8 Å². The average molecular weight is 1080 g/mol. The highest BCUT2D eigenvalue weighted by Crippen LogP contribution is 2.60. The van der Waals surface area contributed by atoms with Crippen LogP contribution in [0.3, 0.4) is 0 Å². The van der Waals surface area contributed by atoms with Crippen LogP contribution in [-0.4, -0.2) is 114 Å². The maximum Gasteiger partial charge on any atom is 0.481 e. The number of carbonyl (C=O) groups excluding carboxylic acids is 3. The second-order valence-corrected chi connectivity index (χ2v) is 21.9. The predicted octanol–water partition coefficient (Wildman–Crippen LogP) is 7.37. The van der Waals surface area contributed by atoms with E-state index in [1.165, 1.54) is 50.1 Å². The zero-order valence-electron chi connectivity index (χ0n) is 42.6. The summed E-state index contributed by atoms with van der Waals surface area (Å²) in [7, 11) is -11.3. The largest absolute Gasteiger partial charge is 0.481 e. The van der Waals surface area contributed by atoms with Gasteiger partial charge in [0.25, 0.3) is 0 Å². The van der Waals surface area contributed by atoms with Crippen LogP contribution in [0.1, 0.15) is 168 Å². The monoisotopic (exact) mass is 1080 g/mol. The number of hydrogen-bond acceptors (Lipinski definition) is 18. The lowest BCUT2D eigenvalue weighted by Crippen LogP contribution is -2.51. The van der Waals surface area contributed by atoms with Crippen molar-refractivity contribution in [1.82, 2.24) is 9.55 Å². The van der Waals surface area contributed by atoms with Gasteiger partial charge in [0, 0.05) is 31.4 Å². The highest BCUT2D eigenvalue weighted by molar-refractivity contribution is 7.61. The molecule has 1 aromatic heterocycles. The van der Waals surface area contributed by atoms with Crippen molar-refractivity contribution in [3.8, 4) is 0 Å². The molecular weight excluding hydrogens is 993 g/mol. The number of Topliss-reactive ketones (excluding diaryl/α,β-unsaturated/α-hetero) is 1. The number of phosphoric acid groups is 2. The fraction of sp³-hybridized carbons (Fsp3) is 0.740. The van der Waals surface area contributed by atoms with Gasteiger partial charge in [0.2, 0.25) is 0 Å². The van der Waals surface area contributed by atoms with Crippen LogP contribution in [0.15, 0.2) is 53.5 Å². The van der Waals surface area contributed by atoms with E-state index in [9.17, 15) is 58.5 Å². The summed E-state index contributed by atoms with van der Waals surface area (Å²) in [6.07, 6.45) is 14.8. The van der Waals surface area contributed by atoms with E-state index >= 15 is 0 Å². The molecule has 2 fully saturated rings. The molecule has 0 amide bonds. The predicted molar refractivity (Wildman–Crippen MR) is 271 cm³/mol. The fourth-order valence-corrected chi connectivity index (χ4v) is 10.5.